The molecule has 2 aliphatic heterocycles. The standard InChI is InChI=1S/C25H33FN4O/c1-16-3-4-21(26)12-23(16)25-17(2)9-24(28-29-25)27-22-10-19-14-30(15-20(19)11-22)13-18-5-7-31-8-6-18/h3-4,9,12,18-20,22H,5-8,10-11,13-15H2,1-2H3,(H,27,28)/t19-,20+,22+. The van der Waals surface area contributed by atoms with E-state index in [-0.39, 0.29) is 5.82 Å². The number of anilines is 1. The molecule has 5 rings (SSSR count). The fourth-order valence-electron chi connectivity index (χ4n) is 5.84. The topological polar surface area (TPSA) is 50.3 Å². The molecular formula is C25H33FN4O. The van der Waals surface area contributed by atoms with Gasteiger partial charge in [0.1, 0.15) is 11.6 Å². The third-order valence-corrected chi connectivity index (χ3v) is 7.48. The van der Waals surface area contributed by atoms with E-state index in [1.54, 1.807) is 12.1 Å². The van der Waals surface area contributed by atoms with Crippen LogP contribution in [0.4, 0.5) is 10.2 Å². The normalized spacial score (nSPS) is 26.9. The van der Waals surface area contributed by atoms with E-state index in [0.29, 0.717) is 6.04 Å². The highest BCUT2D eigenvalue weighted by molar-refractivity contribution is 5.67. The molecule has 2 aromatic rings. The lowest BCUT2D eigenvalue weighted by molar-refractivity contribution is 0.0545. The van der Waals surface area contributed by atoms with Crippen LogP contribution in [0.1, 0.15) is 36.8 Å². The second-order valence-electron chi connectivity index (χ2n) is 9.83. The highest BCUT2D eigenvalue weighted by Gasteiger charge is 2.41. The van der Waals surface area contributed by atoms with Crippen molar-refractivity contribution in [1.82, 2.24) is 15.1 Å². The van der Waals surface area contributed by atoms with E-state index in [9.17, 15) is 4.39 Å². The number of aromatic nitrogens is 2. The van der Waals surface area contributed by atoms with Crippen LogP contribution in [0.3, 0.4) is 0 Å². The molecular weight excluding hydrogens is 391 g/mol. The fraction of sp³-hybridized carbons (Fsp3) is 0.600. The van der Waals surface area contributed by atoms with Crippen molar-refractivity contribution in [2.45, 2.75) is 45.6 Å². The van der Waals surface area contributed by atoms with E-state index in [1.807, 2.05) is 13.8 Å². The third kappa shape index (κ3) is 4.60. The Morgan fingerprint density at radius 3 is 2.48 bits per heavy atom. The summed E-state index contributed by atoms with van der Waals surface area (Å²) in [5, 5.41) is 12.5. The molecule has 0 amide bonds. The number of hydrogen-bond donors (Lipinski definition) is 1. The van der Waals surface area contributed by atoms with Gasteiger partial charge in [0.15, 0.2) is 0 Å². The van der Waals surface area contributed by atoms with Crippen LogP contribution in [-0.4, -0.2) is 54.0 Å². The number of aryl methyl sites for hydroxylation is 2. The molecule has 1 saturated carbocycles. The van der Waals surface area contributed by atoms with Crippen LogP contribution in [0.5, 0.6) is 0 Å². The lowest BCUT2D eigenvalue weighted by Gasteiger charge is -2.27. The first-order valence-electron chi connectivity index (χ1n) is 11.7. The molecule has 3 atom stereocenters. The SMILES string of the molecule is Cc1ccc(F)cc1-c1nnc(N[C@H]2C[C@@H]3CN(CC4CCOCC4)C[C@@H]3C2)cc1C. The van der Waals surface area contributed by atoms with Gasteiger partial charge in [-0.25, -0.2) is 4.39 Å². The average molecular weight is 425 g/mol. The summed E-state index contributed by atoms with van der Waals surface area (Å²) in [6.45, 7) is 9.61. The van der Waals surface area contributed by atoms with Crippen molar-refractivity contribution in [1.29, 1.82) is 0 Å². The van der Waals surface area contributed by atoms with Gasteiger partial charge in [0.05, 0.1) is 5.69 Å². The molecule has 3 fully saturated rings. The number of rotatable bonds is 5. The van der Waals surface area contributed by atoms with Crippen molar-refractivity contribution in [2.24, 2.45) is 17.8 Å². The molecule has 3 aliphatic rings. The maximum Gasteiger partial charge on any atom is 0.149 e. The first kappa shape index (κ1) is 20.8. The van der Waals surface area contributed by atoms with E-state index < -0.39 is 0 Å². The van der Waals surface area contributed by atoms with Gasteiger partial charge in [-0.2, -0.15) is 0 Å². The first-order valence-corrected chi connectivity index (χ1v) is 11.7. The number of likely N-dealkylation sites (tertiary alicyclic amines) is 1. The molecule has 5 nitrogen and oxygen atoms in total. The second-order valence-corrected chi connectivity index (χ2v) is 9.83. The maximum absolute atomic E-state index is 13.7. The van der Waals surface area contributed by atoms with Crippen molar-refractivity contribution in [3.63, 3.8) is 0 Å². The Balaban J connectivity index is 1.18. The van der Waals surface area contributed by atoms with Crippen molar-refractivity contribution in [3.8, 4) is 11.3 Å². The van der Waals surface area contributed by atoms with Crippen molar-refractivity contribution in [2.75, 3.05) is 38.2 Å². The summed E-state index contributed by atoms with van der Waals surface area (Å²) in [5.41, 5.74) is 3.60. The minimum Gasteiger partial charge on any atom is -0.381 e. The van der Waals surface area contributed by atoms with E-state index in [4.69, 9.17) is 4.74 Å². The molecule has 1 aliphatic carbocycles. The summed E-state index contributed by atoms with van der Waals surface area (Å²) in [5.74, 6) is 2.99. The van der Waals surface area contributed by atoms with Crippen LogP contribution in [-0.2, 0) is 4.74 Å². The van der Waals surface area contributed by atoms with Gasteiger partial charge in [0.25, 0.3) is 0 Å². The van der Waals surface area contributed by atoms with Crippen molar-refractivity contribution >= 4 is 5.82 Å². The zero-order valence-corrected chi connectivity index (χ0v) is 18.6. The molecule has 0 bridgehead atoms. The number of fused-ring (bicyclic) bond motifs is 1. The number of nitrogens with one attached hydrogen (secondary N) is 1. The fourth-order valence-corrected chi connectivity index (χ4v) is 5.84. The number of nitrogens with zero attached hydrogens (tertiary/aromatic N) is 3. The van der Waals surface area contributed by atoms with Crippen molar-refractivity contribution in [3.05, 3.63) is 41.2 Å². The molecule has 0 unspecified atom stereocenters. The summed E-state index contributed by atoms with van der Waals surface area (Å²) < 4.78 is 19.2. The molecule has 1 N–H and O–H groups in total. The van der Waals surface area contributed by atoms with Crippen molar-refractivity contribution < 1.29 is 9.13 Å². The number of benzene rings is 1. The molecule has 2 saturated heterocycles. The summed E-state index contributed by atoms with van der Waals surface area (Å²) in [6.07, 6.45) is 4.86. The molecule has 166 valence electrons. The van der Waals surface area contributed by atoms with Gasteiger partial charge in [0.2, 0.25) is 0 Å². The van der Waals surface area contributed by atoms with Gasteiger partial charge in [-0.3, -0.25) is 0 Å². The quantitative estimate of drug-likeness (QED) is 0.769. The van der Waals surface area contributed by atoms with Crippen LogP contribution in [0.2, 0.25) is 0 Å². The molecule has 6 heteroatoms. The number of hydrogen-bond acceptors (Lipinski definition) is 5. The average Bonchev–Trinajstić information content (AvgIpc) is 3.29. The highest BCUT2D eigenvalue weighted by atomic mass is 19.1. The smallest absolute Gasteiger partial charge is 0.149 e. The molecule has 31 heavy (non-hydrogen) atoms. The minimum atomic E-state index is -0.243. The van der Waals surface area contributed by atoms with Gasteiger partial charge in [-0.1, -0.05) is 6.07 Å². The van der Waals surface area contributed by atoms with Crippen LogP contribution >= 0.6 is 0 Å². The Morgan fingerprint density at radius 1 is 1.03 bits per heavy atom. The summed E-state index contributed by atoms with van der Waals surface area (Å²) in [4.78, 5) is 2.70. The minimum absolute atomic E-state index is 0.243. The Kier molecular flexibility index (Phi) is 5.93. The van der Waals surface area contributed by atoms with E-state index >= 15 is 0 Å². The number of ether oxygens (including phenoxy) is 1. The van der Waals surface area contributed by atoms with Crippen LogP contribution in [0.15, 0.2) is 24.3 Å². The molecule has 1 aromatic carbocycles. The predicted octanol–water partition coefficient (Wildman–Crippen LogP) is 4.45. The Bertz CT molecular complexity index is 916. The lowest BCUT2D eigenvalue weighted by atomic mass is 10.00. The van der Waals surface area contributed by atoms with Crippen LogP contribution in [0, 0.1) is 37.4 Å². The van der Waals surface area contributed by atoms with Crippen LogP contribution < -0.4 is 5.32 Å². The van der Waals surface area contributed by atoms with Gasteiger partial charge >= 0.3 is 0 Å². The van der Waals surface area contributed by atoms with Crippen LogP contribution in [0.25, 0.3) is 11.3 Å². The zero-order chi connectivity index (χ0) is 21.4. The summed E-state index contributed by atoms with van der Waals surface area (Å²) in [6, 6.07) is 7.34. The van der Waals surface area contributed by atoms with Gasteiger partial charge in [-0.15, -0.1) is 10.2 Å². The van der Waals surface area contributed by atoms with Gasteiger partial charge in [-0.05, 0) is 86.6 Å². The highest BCUT2D eigenvalue weighted by Crippen LogP contribution is 2.40. The summed E-state index contributed by atoms with van der Waals surface area (Å²) in [7, 11) is 0. The molecule has 0 radical (unpaired) electrons. The first-order chi connectivity index (χ1) is 15.0. The van der Waals surface area contributed by atoms with Gasteiger partial charge < -0.3 is 15.0 Å². The predicted molar refractivity (Wildman–Crippen MR) is 121 cm³/mol. The number of halogens is 1. The Morgan fingerprint density at radius 2 is 1.77 bits per heavy atom. The summed E-state index contributed by atoms with van der Waals surface area (Å²) >= 11 is 0. The third-order valence-electron chi connectivity index (χ3n) is 7.48. The maximum atomic E-state index is 13.7. The zero-order valence-electron chi connectivity index (χ0n) is 18.6. The van der Waals surface area contributed by atoms with E-state index in [0.717, 1.165) is 59.2 Å². The second kappa shape index (κ2) is 8.83. The van der Waals surface area contributed by atoms with E-state index in [2.05, 4.69) is 26.5 Å². The molecule has 1 aromatic heterocycles. The molecule has 3 heterocycles. The molecule has 0 spiro atoms. The Labute approximate surface area is 184 Å². The lowest BCUT2D eigenvalue weighted by Crippen LogP contribution is -2.32. The van der Waals surface area contributed by atoms with Gasteiger partial charge in [0, 0.05) is 44.5 Å². The Hall–Kier alpha value is -2.05. The monoisotopic (exact) mass is 424 g/mol. The van der Waals surface area contributed by atoms with E-state index in [1.165, 1.54) is 51.4 Å². The largest absolute Gasteiger partial charge is 0.381 e.